The van der Waals surface area contributed by atoms with Gasteiger partial charge in [-0.3, -0.25) is 9.59 Å². The van der Waals surface area contributed by atoms with E-state index in [1.165, 1.54) is 0 Å². The molecule has 0 saturated carbocycles. The smallest absolute Gasteiger partial charge is 0.230 e. The minimum atomic E-state index is -3.06. The van der Waals surface area contributed by atoms with Gasteiger partial charge in [-0.2, -0.15) is 0 Å². The van der Waals surface area contributed by atoms with Crippen molar-refractivity contribution >= 4 is 21.7 Å². The van der Waals surface area contributed by atoms with Crippen LogP contribution in [-0.2, 0) is 24.2 Å². The second kappa shape index (κ2) is 5.55. The molecule has 0 aromatic carbocycles. The van der Waals surface area contributed by atoms with Gasteiger partial charge in [-0.25, -0.2) is 8.42 Å². The number of nitrogens with zero attached hydrogens (tertiary/aromatic N) is 2. The van der Waals surface area contributed by atoms with Crippen molar-refractivity contribution in [2.75, 3.05) is 37.7 Å². The molecule has 4 heterocycles. The highest BCUT2D eigenvalue weighted by molar-refractivity contribution is 7.91. The monoisotopic (exact) mass is 382 g/mol. The second-order valence-electron chi connectivity index (χ2n) is 9.13. The lowest BCUT2D eigenvalue weighted by Crippen LogP contribution is -2.50. The summed E-state index contributed by atoms with van der Waals surface area (Å²) in [5.41, 5.74) is -0.734. The fourth-order valence-corrected chi connectivity index (χ4v) is 5.91. The van der Waals surface area contributed by atoms with Gasteiger partial charge in [-0.1, -0.05) is 32.9 Å². The van der Waals surface area contributed by atoms with Gasteiger partial charge in [0.2, 0.25) is 11.8 Å². The summed E-state index contributed by atoms with van der Waals surface area (Å²) in [4.78, 5) is 29.6. The van der Waals surface area contributed by atoms with E-state index in [1.807, 2.05) is 17.1 Å². The molecular formula is C18H26N2O5S. The first-order chi connectivity index (χ1) is 12.0. The highest BCUT2D eigenvalue weighted by atomic mass is 32.2. The Bertz CT molecular complexity index is 770. The van der Waals surface area contributed by atoms with Crippen molar-refractivity contribution in [3.8, 4) is 0 Å². The Kier molecular flexibility index (Phi) is 3.83. The summed E-state index contributed by atoms with van der Waals surface area (Å²) in [6, 6.07) is 0. The van der Waals surface area contributed by atoms with Gasteiger partial charge in [0.05, 0.1) is 36.0 Å². The molecule has 0 aliphatic carbocycles. The average Bonchev–Trinajstić information content (AvgIpc) is 3.14. The molecule has 4 atom stereocenters. The van der Waals surface area contributed by atoms with E-state index < -0.39 is 27.3 Å². The number of ether oxygens (including phenoxy) is 1. The minimum Gasteiger partial charge on any atom is -0.360 e. The van der Waals surface area contributed by atoms with Crippen LogP contribution in [0.5, 0.6) is 0 Å². The third-order valence-electron chi connectivity index (χ3n) is 5.79. The number of rotatable bonds is 2. The first-order valence-electron chi connectivity index (χ1n) is 9.17. The van der Waals surface area contributed by atoms with E-state index in [-0.39, 0.29) is 47.9 Å². The van der Waals surface area contributed by atoms with E-state index in [0.29, 0.717) is 13.1 Å². The fourth-order valence-electron chi connectivity index (χ4n) is 4.71. The van der Waals surface area contributed by atoms with Gasteiger partial charge in [-0.15, -0.1) is 0 Å². The lowest BCUT2D eigenvalue weighted by Gasteiger charge is -2.32. The molecule has 1 spiro atoms. The zero-order valence-corrected chi connectivity index (χ0v) is 16.3. The van der Waals surface area contributed by atoms with E-state index in [0.717, 1.165) is 0 Å². The van der Waals surface area contributed by atoms with Gasteiger partial charge >= 0.3 is 0 Å². The molecule has 26 heavy (non-hydrogen) atoms. The predicted octanol–water partition coefficient (Wildman–Crippen LogP) is 0.0715. The zero-order valence-electron chi connectivity index (χ0n) is 15.5. The van der Waals surface area contributed by atoms with Gasteiger partial charge in [0.25, 0.3) is 0 Å². The molecule has 0 unspecified atom stereocenters. The first-order valence-corrected chi connectivity index (χ1v) is 11.0. The molecule has 0 radical (unpaired) electrons. The van der Waals surface area contributed by atoms with Crippen molar-refractivity contribution in [1.82, 2.24) is 9.80 Å². The molecule has 0 N–H and O–H groups in total. The maximum atomic E-state index is 13.1. The number of sulfone groups is 1. The number of carbonyl (C=O) groups excluding carboxylic acids is 2. The number of amides is 2. The number of fused-ring (bicyclic) bond motifs is 1. The van der Waals surface area contributed by atoms with E-state index in [4.69, 9.17) is 4.74 Å². The van der Waals surface area contributed by atoms with Crippen LogP contribution in [0.1, 0.15) is 20.8 Å². The van der Waals surface area contributed by atoms with Crippen molar-refractivity contribution < 1.29 is 22.7 Å². The van der Waals surface area contributed by atoms with Crippen LogP contribution in [0.25, 0.3) is 0 Å². The summed E-state index contributed by atoms with van der Waals surface area (Å²) >= 11 is 0. The van der Waals surface area contributed by atoms with Gasteiger partial charge < -0.3 is 14.5 Å². The van der Waals surface area contributed by atoms with Crippen molar-refractivity contribution in [3.63, 3.8) is 0 Å². The third-order valence-corrected chi connectivity index (χ3v) is 7.39. The van der Waals surface area contributed by atoms with Crippen molar-refractivity contribution in [2.45, 2.75) is 32.5 Å². The molecule has 4 aliphatic rings. The van der Waals surface area contributed by atoms with E-state index >= 15 is 0 Å². The molecule has 7 nitrogen and oxygen atoms in total. The number of carbonyl (C=O) groups is 2. The van der Waals surface area contributed by atoms with Gasteiger partial charge in [0.15, 0.2) is 9.84 Å². The van der Waals surface area contributed by atoms with Gasteiger partial charge in [0, 0.05) is 19.6 Å². The van der Waals surface area contributed by atoms with Crippen LogP contribution in [0.4, 0.5) is 0 Å². The van der Waals surface area contributed by atoms with Crippen LogP contribution in [0, 0.1) is 17.3 Å². The Morgan fingerprint density at radius 1 is 1.31 bits per heavy atom. The minimum absolute atomic E-state index is 0.00721. The van der Waals surface area contributed by atoms with Crippen LogP contribution in [-0.4, -0.2) is 79.4 Å². The summed E-state index contributed by atoms with van der Waals surface area (Å²) in [5, 5.41) is 0. The van der Waals surface area contributed by atoms with Crippen LogP contribution >= 0.6 is 0 Å². The Hall–Kier alpha value is -1.41. The SMILES string of the molecule is CC(C)(C)CN1C[C@]23C=C[C@H](O2)[C@H](C(=O)N2CCS(=O)(=O)CC2)[C@H]3C1=O. The van der Waals surface area contributed by atoms with Crippen molar-refractivity contribution in [2.24, 2.45) is 17.3 Å². The molecule has 8 heteroatoms. The fraction of sp³-hybridized carbons (Fsp3) is 0.778. The van der Waals surface area contributed by atoms with Crippen LogP contribution in [0.2, 0.25) is 0 Å². The van der Waals surface area contributed by atoms with Gasteiger partial charge in [0.1, 0.15) is 5.60 Å². The number of likely N-dealkylation sites (tertiary alicyclic amines) is 1. The highest BCUT2D eigenvalue weighted by Crippen LogP contribution is 2.52. The summed E-state index contributed by atoms with van der Waals surface area (Å²) in [6.45, 7) is 7.75. The standard InChI is InChI=1S/C18H26N2O5S/c1-17(2,3)10-20-11-18-5-4-12(25-18)13(14(18)16(20)22)15(21)19-6-8-26(23,24)9-7-19/h4-5,12-14H,6-11H2,1-3H3/t12-,13-,14-,18-/m0/s1. The maximum absolute atomic E-state index is 13.1. The van der Waals surface area contributed by atoms with E-state index in [9.17, 15) is 18.0 Å². The molecule has 3 fully saturated rings. The topological polar surface area (TPSA) is 84.0 Å². The van der Waals surface area contributed by atoms with Crippen LogP contribution in [0.3, 0.4) is 0 Å². The summed E-state index contributed by atoms with van der Waals surface area (Å²) in [5.74, 6) is -1.22. The quantitative estimate of drug-likeness (QED) is 0.631. The normalized spacial score (nSPS) is 38.1. The van der Waals surface area contributed by atoms with Gasteiger partial charge in [-0.05, 0) is 5.41 Å². The predicted molar refractivity (Wildman–Crippen MR) is 95.0 cm³/mol. The Balaban J connectivity index is 1.56. The maximum Gasteiger partial charge on any atom is 0.230 e. The third kappa shape index (κ3) is 2.78. The van der Waals surface area contributed by atoms with E-state index in [1.54, 1.807) is 4.90 Å². The van der Waals surface area contributed by atoms with Crippen LogP contribution < -0.4 is 0 Å². The molecule has 3 saturated heterocycles. The Morgan fingerprint density at radius 3 is 2.58 bits per heavy atom. The molecular weight excluding hydrogens is 356 g/mol. The summed E-state index contributed by atoms with van der Waals surface area (Å²) in [6.07, 6.45) is 3.47. The number of hydrogen-bond donors (Lipinski definition) is 0. The largest absolute Gasteiger partial charge is 0.360 e. The first kappa shape index (κ1) is 18.0. The molecule has 4 rings (SSSR count). The molecule has 4 aliphatic heterocycles. The number of hydrogen-bond acceptors (Lipinski definition) is 5. The molecule has 144 valence electrons. The molecule has 2 amide bonds. The van der Waals surface area contributed by atoms with Crippen molar-refractivity contribution in [3.05, 3.63) is 12.2 Å². The molecule has 0 aromatic heterocycles. The lowest BCUT2D eigenvalue weighted by atomic mass is 9.76. The van der Waals surface area contributed by atoms with E-state index in [2.05, 4.69) is 20.8 Å². The second-order valence-corrected chi connectivity index (χ2v) is 11.4. The summed E-state index contributed by atoms with van der Waals surface area (Å²) < 4.78 is 29.4. The zero-order chi connectivity index (χ0) is 18.9. The van der Waals surface area contributed by atoms with Crippen LogP contribution in [0.15, 0.2) is 12.2 Å². The lowest BCUT2D eigenvalue weighted by molar-refractivity contribution is -0.143. The average molecular weight is 382 g/mol. The Morgan fingerprint density at radius 2 is 1.96 bits per heavy atom. The van der Waals surface area contributed by atoms with Crippen molar-refractivity contribution in [1.29, 1.82) is 0 Å². The molecule has 2 bridgehead atoms. The Labute approximate surface area is 154 Å². The highest BCUT2D eigenvalue weighted by Gasteiger charge is 2.67. The summed E-state index contributed by atoms with van der Waals surface area (Å²) in [7, 11) is -3.06. The molecule has 0 aromatic rings.